The zero-order chi connectivity index (χ0) is 10.8. The van der Waals surface area contributed by atoms with Crippen LogP contribution in [-0.4, -0.2) is 24.7 Å². The van der Waals surface area contributed by atoms with Crippen molar-refractivity contribution >= 4 is 6.72 Å². The largest absolute Gasteiger partial charge is 0.365 e. The van der Waals surface area contributed by atoms with Crippen LogP contribution in [0.4, 0.5) is 0 Å². The maximum Gasteiger partial charge on any atom is 0.174 e. The fourth-order valence-corrected chi connectivity index (χ4v) is 0.799. The number of ether oxygens (including phenoxy) is 1. The number of allylic oxidation sites excluding steroid dienone is 2. The molecular weight excluding hydrogens is 178 g/mol. The molecule has 0 aromatic carbocycles. The maximum absolute atomic E-state index is 9.06. The van der Waals surface area contributed by atoms with E-state index in [-0.39, 0.29) is 0 Å². The van der Waals surface area contributed by atoms with Crippen molar-refractivity contribution in [1.82, 2.24) is 0 Å². The minimum atomic E-state index is -0.897. The molecule has 3 nitrogen and oxygen atoms in total. The van der Waals surface area contributed by atoms with E-state index in [0.717, 1.165) is 12.0 Å². The number of aliphatic hydroxyl groups excluding tert-OH is 1. The van der Waals surface area contributed by atoms with Crippen LogP contribution in [0.2, 0.25) is 0 Å². The van der Waals surface area contributed by atoms with Gasteiger partial charge in [0.15, 0.2) is 6.29 Å². The summed E-state index contributed by atoms with van der Waals surface area (Å²) in [4.78, 5) is 3.59. The van der Waals surface area contributed by atoms with Crippen molar-refractivity contribution in [3.63, 3.8) is 0 Å². The highest BCUT2D eigenvalue weighted by Gasteiger charge is 1.99. The first-order chi connectivity index (χ1) is 6.74. The third-order valence-corrected chi connectivity index (χ3v) is 1.64. The van der Waals surface area contributed by atoms with Crippen LogP contribution < -0.4 is 0 Å². The smallest absolute Gasteiger partial charge is 0.174 e. The Hall–Kier alpha value is -1.19. The molecule has 0 aliphatic heterocycles. The Kier molecular flexibility index (Phi) is 7.70. The summed E-state index contributed by atoms with van der Waals surface area (Å²) >= 11 is 0. The number of rotatable bonds is 7. The third kappa shape index (κ3) is 6.34. The van der Waals surface area contributed by atoms with Gasteiger partial charge in [0.2, 0.25) is 0 Å². The van der Waals surface area contributed by atoms with Crippen LogP contribution in [0.1, 0.15) is 13.3 Å². The summed E-state index contributed by atoms with van der Waals surface area (Å²) in [6.45, 7) is 9.06. The molecule has 0 amide bonds. The Labute approximate surface area is 85.1 Å². The zero-order valence-electron chi connectivity index (χ0n) is 8.52. The molecule has 1 atom stereocenters. The molecule has 3 heteroatoms. The molecule has 0 bridgehead atoms. The summed E-state index contributed by atoms with van der Waals surface area (Å²) in [7, 11) is 0. The van der Waals surface area contributed by atoms with Gasteiger partial charge in [-0.1, -0.05) is 18.7 Å². The standard InChI is InChI=1S/C11H17NO2/c1-4-10(7-6-8-12-3)9-14-11(13)5-2/h4-6,8,11,13H,2-3,7,9H2,1H3/b8-6-,10-4+. The summed E-state index contributed by atoms with van der Waals surface area (Å²) in [6.07, 6.45) is 6.66. The van der Waals surface area contributed by atoms with Gasteiger partial charge in [-0.25, -0.2) is 0 Å². The van der Waals surface area contributed by atoms with E-state index in [4.69, 9.17) is 9.84 Å². The number of hydrogen-bond acceptors (Lipinski definition) is 3. The van der Waals surface area contributed by atoms with Gasteiger partial charge >= 0.3 is 0 Å². The quantitative estimate of drug-likeness (QED) is 0.384. The van der Waals surface area contributed by atoms with Crippen molar-refractivity contribution in [1.29, 1.82) is 0 Å². The fourth-order valence-electron chi connectivity index (χ4n) is 0.799. The van der Waals surface area contributed by atoms with E-state index in [2.05, 4.69) is 18.3 Å². The maximum atomic E-state index is 9.06. The van der Waals surface area contributed by atoms with Crippen LogP contribution in [0.3, 0.4) is 0 Å². The van der Waals surface area contributed by atoms with Crippen molar-refractivity contribution in [2.45, 2.75) is 19.6 Å². The van der Waals surface area contributed by atoms with Crippen LogP contribution >= 0.6 is 0 Å². The molecule has 0 heterocycles. The monoisotopic (exact) mass is 195 g/mol. The van der Waals surface area contributed by atoms with Gasteiger partial charge in [-0.15, -0.1) is 0 Å². The Morgan fingerprint density at radius 3 is 2.86 bits per heavy atom. The van der Waals surface area contributed by atoms with E-state index < -0.39 is 6.29 Å². The topological polar surface area (TPSA) is 41.8 Å². The number of aliphatic hydroxyl groups is 1. The lowest BCUT2D eigenvalue weighted by Crippen LogP contribution is -2.10. The lowest BCUT2D eigenvalue weighted by atomic mass is 10.2. The SMILES string of the molecule is C=CC(O)OC/C(=C/C)C/C=C\N=C. The van der Waals surface area contributed by atoms with Gasteiger partial charge in [-0.05, 0) is 31.7 Å². The molecular formula is C11H17NO2. The van der Waals surface area contributed by atoms with Gasteiger partial charge < -0.3 is 9.84 Å². The van der Waals surface area contributed by atoms with Crippen molar-refractivity contribution in [2.24, 2.45) is 4.99 Å². The van der Waals surface area contributed by atoms with Gasteiger partial charge in [-0.3, -0.25) is 4.99 Å². The lowest BCUT2D eigenvalue weighted by Gasteiger charge is -2.08. The van der Waals surface area contributed by atoms with E-state index >= 15 is 0 Å². The number of aliphatic imine (C=N–C) groups is 1. The Balaban J connectivity index is 3.86. The molecule has 0 rings (SSSR count). The molecule has 78 valence electrons. The molecule has 0 spiro atoms. The van der Waals surface area contributed by atoms with Gasteiger partial charge in [0.05, 0.1) is 6.61 Å². The minimum Gasteiger partial charge on any atom is -0.365 e. The van der Waals surface area contributed by atoms with Crippen LogP contribution in [0.15, 0.2) is 41.6 Å². The average molecular weight is 195 g/mol. The Bertz CT molecular complexity index is 231. The van der Waals surface area contributed by atoms with E-state index in [9.17, 15) is 0 Å². The van der Waals surface area contributed by atoms with Gasteiger partial charge in [0.25, 0.3) is 0 Å². The molecule has 0 fully saturated rings. The highest BCUT2D eigenvalue weighted by molar-refractivity contribution is 5.25. The highest BCUT2D eigenvalue weighted by atomic mass is 16.6. The van der Waals surface area contributed by atoms with E-state index in [1.54, 1.807) is 6.20 Å². The first-order valence-electron chi connectivity index (χ1n) is 4.41. The van der Waals surface area contributed by atoms with Crippen LogP contribution in [0, 0.1) is 0 Å². The van der Waals surface area contributed by atoms with Crippen LogP contribution in [0.5, 0.6) is 0 Å². The second-order valence-corrected chi connectivity index (χ2v) is 2.66. The molecule has 14 heavy (non-hydrogen) atoms. The molecule has 1 unspecified atom stereocenters. The first-order valence-corrected chi connectivity index (χ1v) is 4.41. The summed E-state index contributed by atoms with van der Waals surface area (Å²) < 4.78 is 5.06. The van der Waals surface area contributed by atoms with Crippen LogP contribution in [-0.2, 0) is 4.74 Å². The molecule has 0 aromatic rings. The first kappa shape index (κ1) is 12.8. The van der Waals surface area contributed by atoms with Gasteiger partial charge in [0.1, 0.15) is 0 Å². The molecule has 1 N–H and O–H groups in total. The van der Waals surface area contributed by atoms with Crippen LogP contribution in [0.25, 0.3) is 0 Å². The van der Waals surface area contributed by atoms with Crippen molar-refractivity contribution in [2.75, 3.05) is 6.61 Å². The molecule has 0 aliphatic carbocycles. The van der Waals surface area contributed by atoms with E-state index in [1.807, 2.05) is 19.1 Å². The third-order valence-electron chi connectivity index (χ3n) is 1.64. The van der Waals surface area contributed by atoms with Crippen molar-refractivity contribution < 1.29 is 9.84 Å². The normalized spacial score (nSPS) is 14.3. The number of hydrogen-bond donors (Lipinski definition) is 1. The average Bonchev–Trinajstić information content (AvgIpc) is 2.22. The summed E-state index contributed by atoms with van der Waals surface area (Å²) in [6, 6.07) is 0. The molecule has 0 saturated carbocycles. The van der Waals surface area contributed by atoms with E-state index in [0.29, 0.717) is 6.61 Å². The molecule has 0 saturated heterocycles. The fraction of sp³-hybridized carbons (Fsp3) is 0.364. The molecule has 0 aromatic heterocycles. The molecule has 0 radical (unpaired) electrons. The lowest BCUT2D eigenvalue weighted by molar-refractivity contribution is -0.0548. The Morgan fingerprint density at radius 2 is 2.36 bits per heavy atom. The second-order valence-electron chi connectivity index (χ2n) is 2.66. The predicted octanol–water partition coefficient (Wildman–Crippen LogP) is 2.06. The Morgan fingerprint density at radius 1 is 1.64 bits per heavy atom. The second kappa shape index (κ2) is 8.41. The molecule has 0 aliphatic rings. The van der Waals surface area contributed by atoms with Gasteiger partial charge in [-0.2, -0.15) is 0 Å². The predicted molar refractivity (Wildman–Crippen MR) is 59.2 cm³/mol. The minimum absolute atomic E-state index is 0.394. The van der Waals surface area contributed by atoms with Gasteiger partial charge in [0, 0.05) is 6.20 Å². The summed E-state index contributed by atoms with van der Waals surface area (Å²) in [5.74, 6) is 0. The van der Waals surface area contributed by atoms with Crippen molar-refractivity contribution in [3.8, 4) is 0 Å². The summed E-state index contributed by atoms with van der Waals surface area (Å²) in [5, 5.41) is 9.06. The summed E-state index contributed by atoms with van der Waals surface area (Å²) in [5.41, 5.74) is 1.07. The number of nitrogens with zero attached hydrogens (tertiary/aromatic N) is 1. The van der Waals surface area contributed by atoms with E-state index in [1.165, 1.54) is 6.08 Å². The highest BCUT2D eigenvalue weighted by Crippen LogP contribution is 2.04. The zero-order valence-corrected chi connectivity index (χ0v) is 8.52. The van der Waals surface area contributed by atoms with Crippen molar-refractivity contribution in [3.05, 3.63) is 36.6 Å².